The van der Waals surface area contributed by atoms with E-state index in [4.69, 9.17) is 10.5 Å². The zero-order chi connectivity index (χ0) is 31.3. The lowest BCUT2D eigenvalue weighted by Gasteiger charge is -2.53. The summed E-state index contributed by atoms with van der Waals surface area (Å²) in [6, 6.07) is 8.21. The van der Waals surface area contributed by atoms with Crippen molar-refractivity contribution in [2.75, 3.05) is 19.7 Å². The van der Waals surface area contributed by atoms with Crippen LogP contribution in [0.15, 0.2) is 99.8 Å². The van der Waals surface area contributed by atoms with Crippen molar-refractivity contribution >= 4 is 12.1 Å². The fourth-order valence-corrected chi connectivity index (χ4v) is 7.01. The first-order valence-corrected chi connectivity index (χ1v) is 16.1. The highest BCUT2D eigenvalue weighted by atomic mass is 16.5. The Bertz CT molecular complexity index is 1440. The number of amides is 1. The quantitative estimate of drug-likeness (QED) is 0.259. The standard InChI is InChI=1S/C37H49N5O2/c1-6-33(25(2)13-17-39-28(5)38)35-34(14-20-44-35)26(3)40-24-29-9-7-12-31(21-29)36(43)41-32-22-37(23-32)15-18-42(19-16-37)27(4)30-10-8-11-30/h6-7,9,12-13,17,21,32,40H,1,5,8,10-11,14-16,18-20,22-24,38H2,2-4H3,(H,41,43)/b25-13+,34-26+,35-33-,39-17-. The van der Waals surface area contributed by atoms with E-state index in [0.29, 0.717) is 18.6 Å². The highest BCUT2D eigenvalue weighted by Crippen LogP contribution is 2.50. The summed E-state index contributed by atoms with van der Waals surface area (Å²) in [6.45, 7) is 17.5. The number of nitrogens with zero attached hydrogens (tertiary/aromatic N) is 2. The summed E-state index contributed by atoms with van der Waals surface area (Å²) in [5.74, 6) is 1.12. The first-order valence-electron chi connectivity index (χ1n) is 16.1. The van der Waals surface area contributed by atoms with E-state index in [-0.39, 0.29) is 17.8 Å². The topological polar surface area (TPSA) is 92.0 Å². The summed E-state index contributed by atoms with van der Waals surface area (Å²) >= 11 is 0. The Balaban J connectivity index is 1.15. The van der Waals surface area contributed by atoms with Crippen molar-refractivity contribution in [2.45, 2.75) is 84.7 Å². The summed E-state index contributed by atoms with van der Waals surface area (Å²) < 4.78 is 6.04. The van der Waals surface area contributed by atoms with Crippen LogP contribution in [0.1, 0.15) is 88.1 Å². The van der Waals surface area contributed by atoms with Gasteiger partial charge in [0.15, 0.2) is 0 Å². The smallest absolute Gasteiger partial charge is 0.251 e. The molecule has 0 atom stereocenters. The zero-order valence-corrected chi connectivity index (χ0v) is 26.8. The third-order valence-corrected chi connectivity index (χ3v) is 9.97. The van der Waals surface area contributed by atoms with Crippen molar-refractivity contribution in [3.63, 3.8) is 0 Å². The first-order chi connectivity index (χ1) is 21.2. The lowest BCUT2D eigenvalue weighted by molar-refractivity contribution is 0.0153. The van der Waals surface area contributed by atoms with E-state index >= 15 is 0 Å². The third-order valence-electron chi connectivity index (χ3n) is 9.97. The van der Waals surface area contributed by atoms with Gasteiger partial charge < -0.3 is 26.0 Å². The van der Waals surface area contributed by atoms with Crippen molar-refractivity contribution < 1.29 is 9.53 Å². The number of nitrogens with one attached hydrogen (secondary N) is 2. The molecule has 4 aliphatic rings. The Labute approximate surface area is 263 Å². The van der Waals surface area contributed by atoms with Gasteiger partial charge in [-0.2, -0.15) is 0 Å². The monoisotopic (exact) mass is 595 g/mol. The highest BCUT2D eigenvalue weighted by Gasteiger charge is 2.46. The van der Waals surface area contributed by atoms with Gasteiger partial charge >= 0.3 is 0 Å². The number of ether oxygens (including phenoxy) is 1. The van der Waals surface area contributed by atoms with E-state index in [0.717, 1.165) is 71.7 Å². The van der Waals surface area contributed by atoms with Gasteiger partial charge in [0.25, 0.3) is 5.91 Å². The maximum Gasteiger partial charge on any atom is 0.251 e. The lowest BCUT2D eigenvalue weighted by Crippen LogP contribution is -2.54. The predicted molar refractivity (Wildman–Crippen MR) is 180 cm³/mol. The molecule has 1 amide bonds. The molecule has 0 unspecified atom stereocenters. The Morgan fingerprint density at radius 3 is 2.59 bits per heavy atom. The molecule has 2 saturated carbocycles. The van der Waals surface area contributed by atoms with Gasteiger partial charge in [0.05, 0.1) is 6.61 Å². The van der Waals surface area contributed by atoms with Gasteiger partial charge in [-0.1, -0.05) is 36.9 Å². The maximum absolute atomic E-state index is 13.2. The predicted octanol–water partition coefficient (Wildman–Crippen LogP) is 6.79. The van der Waals surface area contributed by atoms with Gasteiger partial charge in [-0.05, 0) is 100 Å². The molecule has 7 heteroatoms. The van der Waals surface area contributed by atoms with Crippen molar-refractivity contribution in [2.24, 2.45) is 16.1 Å². The number of carbonyl (C=O) groups is 1. The molecule has 4 N–H and O–H groups in total. The van der Waals surface area contributed by atoms with Gasteiger partial charge in [0, 0.05) is 66.4 Å². The van der Waals surface area contributed by atoms with Gasteiger partial charge in [0.2, 0.25) is 0 Å². The van der Waals surface area contributed by atoms with Crippen LogP contribution in [0.3, 0.4) is 0 Å². The molecule has 234 valence electrons. The van der Waals surface area contributed by atoms with Crippen molar-refractivity contribution in [3.05, 3.63) is 106 Å². The van der Waals surface area contributed by atoms with Crippen LogP contribution in [0.4, 0.5) is 0 Å². The second-order valence-electron chi connectivity index (χ2n) is 12.9. The average molecular weight is 596 g/mol. The number of hydrogen-bond donors (Lipinski definition) is 3. The fraction of sp³-hybridized carbons (Fsp3) is 0.459. The number of nitrogens with two attached hydrogens (primary N) is 1. The molecule has 5 rings (SSSR count). The fourth-order valence-electron chi connectivity index (χ4n) is 7.01. The molecule has 0 radical (unpaired) electrons. The van der Waals surface area contributed by atoms with Gasteiger partial charge in [-0.25, -0.2) is 4.99 Å². The second kappa shape index (κ2) is 13.7. The third kappa shape index (κ3) is 7.20. The Kier molecular flexibility index (Phi) is 9.82. The molecular formula is C37H49N5O2. The van der Waals surface area contributed by atoms with E-state index in [1.165, 1.54) is 37.8 Å². The molecule has 2 aliphatic heterocycles. The number of rotatable bonds is 10. The molecule has 1 spiro atoms. The highest BCUT2D eigenvalue weighted by molar-refractivity contribution is 5.94. The number of aliphatic imine (C=N–C) groups is 1. The minimum absolute atomic E-state index is 0.0267. The number of hydrogen-bond acceptors (Lipinski definition) is 6. The Morgan fingerprint density at radius 2 is 1.93 bits per heavy atom. The summed E-state index contributed by atoms with van der Waals surface area (Å²) in [5, 5.41) is 6.88. The molecule has 2 heterocycles. The molecule has 0 bridgehead atoms. The molecule has 2 saturated heterocycles. The van der Waals surface area contributed by atoms with E-state index in [9.17, 15) is 4.79 Å². The number of benzene rings is 1. The molecule has 7 nitrogen and oxygen atoms in total. The van der Waals surface area contributed by atoms with Crippen LogP contribution in [-0.4, -0.2) is 42.8 Å². The largest absolute Gasteiger partial charge is 0.492 e. The van der Waals surface area contributed by atoms with Gasteiger partial charge in [-0.15, -0.1) is 0 Å². The van der Waals surface area contributed by atoms with Crippen LogP contribution in [0.2, 0.25) is 0 Å². The minimum atomic E-state index is 0.0267. The lowest BCUT2D eigenvalue weighted by atomic mass is 9.60. The molecule has 1 aromatic rings. The number of allylic oxidation sites excluding steroid dienone is 8. The molecule has 0 aromatic heterocycles. The van der Waals surface area contributed by atoms with Crippen molar-refractivity contribution in [3.8, 4) is 0 Å². The summed E-state index contributed by atoms with van der Waals surface area (Å²) in [7, 11) is 0. The van der Waals surface area contributed by atoms with Crippen LogP contribution in [0.25, 0.3) is 0 Å². The SMILES string of the molecule is C=CC(=C1/OCC/C1=C(/C)NCc1cccc(C(=O)NC2CC3(CCN(C(C)=C4CCC4)CC3)C2)c1)/C(C)=C/C=N\C(=C)N. The first kappa shape index (κ1) is 31.4. The zero-order valence-electron chi connectivity index (χ0n) is 26.8. The number of likely N-dealkylation sites (tertiary alicyclic amines) is 1. The van der Waals surface area contributed by atoms with Crippen LogP contribution in [-0.2, 0) is 11.3 Å². The summed E-state index contributed by atoms with van der Waals surface area (Å²) in [6.07, 6.45) is 14.8. The van der Waals surface area contributed by atoms with E-state index < -0.39 is 0 Å². The van der Waals surface area contributed by atoms with E-state index in [1.807, 2.05) is 37.3 Å². The Hall–Kier alpha value is -4.00. The summed E-state index contributed by atoms with van der Waals surface area (Å²) in [4.78, 5) is 19.8. The number of carbonyl (C=O) groups excluding carboxylic acids is 1. The molecular weight excluding hydrogens is 546 g/mol. The van der Waals surface area contributed by atoms with Crippen molar-refractivity contribution in [1.82, 2.24) is 15.5 Å². The molecule has 44 heavy (non-hydrogen) atoms. The van der Waals surface area contributed by atoms with Gasteiger partial charge in [-0.3, -0.25) is 4.79 Å². The molecule has 4 fully saturated rings. The van der Waals surface area contributed by atoms with E-state index in [1.54, 1.807) is 11.8 Å². The van der Waals surface area contributed by atoms with E-state index in [2.05, 4.69) is 53.6 Å². The van der Waals surface area contributed by atoms with Crippen molar-refractivity contribution in [1.29, 1.82) is 0 Å². The Morgan fingerprint density at radius 1 is 1.18 bits per heavy atom. The summed E-state index contributed by atoms with van der Waals surface area (Å²) in [5.41, 5.74) is 15.0. The molecule has 1 aromatic carbocycles. The average Bonchev–Trinajstić information content (AvgIpc) is 3.44. The normalized spacial score (nSPS) is 22.2. The minimum Gasteiger partial charge on any atom is -0.492 e. The second-order valence-corrected chi connectivity index (χ2v) is 12.9. The van der Waals surface area contributed by atoms with Crippen LogP contribution >= 0.6 is 0 Å². The van der Waals surface area contributed by atoms with Crippen LogP contribution in [0.5, 0.6) is 0 Å². The maximum atomic E-state index is 13.2. The van der Waals surface area contributed by atoms with Crippen LogP contribution < -0.4 is 16.4 Å². The number of piperidine rings is 1. The molecule has 2 aliphatic carbocycles. The van der Waals surface area contributed by atoms with Crippen LogP contribution in [0, 0.1) is 5.41 Å². The van der Waals surface area contributed by atoms with Gasteiger partial charge in [0.1, 0.15) is 11.6 Å².